The van der Waals surface area contributed by atoms with Crippen molar-refractivity contribution < 1.29 is 9.53 Å². The molecule has 2 rings (SSSR count). The van der Waals surface area contributed by atoms with Gasteiger partial charge in [-0.1, -0.05) is 20.3 Å². The molecule has 0 aromatic rings. The van der Waals surface area contributed by atoms with E-state index in [1.165, 1.54) is 6.42 Å². The van der Waals surface area contributed by atoms with Crippen LogP contribution in [0.2, 0.25) is 0 Å². The lowest BCUT2D eigenvalue weighted by Gasteiger charge is -2.36. The van der Waals surface area contributed by atoms with Crippen LogP contribution < -0.4 is 10.6 Å². The summed E-state index contributed by atoms with van der Waals surface area (Å²) in [5.74, 6) is 1.76. The van der Waals surface area contributed by atoms with Gasteiger partial charge in [0, 0.05) is 51.7 Å². The fourth-order valence-corrected chi connectivity index (χ4v) is 3.94. The van der Waals surface area contributed by atoms with Gasteiger partial charge in [-0.2, -0.15) is 0 Å². The Morgan fingerprint density at radius 3 is 2.64 bits per heavy atom. The molecule has 1 atom stereocenters. The van der Waals surface area contributed by atoms with Crippen molar-refractivity contribution in [1.29, 1.82) is 0 Å². The molecule has 2 saturated heterocycles. The molecule has 1 amide bonds. The van der Waals surface area contributed by atoms with Crippen molar-refractivity contribution in [2.75, 3.05) is 59.0 Å². The van der Waals surface area contributed by atoms with E-state index in [9.17, 15) is 4.79 Å². The van der Waals surface area contributed by atoms with E-state index >= 15 is 0 Å². The minimum atomic E-state index is 0.323. The largest absolute Gasteiger partial charge is 0.379 e. The summed E-state index contributed by atoms with van der Waals surface area (Å²) in [5.41, 5.74) is 0. The first-order valence-corrected chi connectivity index (χ1v) is 11.2. The summed E-state index contributed by atoms with van der Waals surface area (Å²) in [6.45, 7) is 14.5. The van der Waals surface area contributed by atoms with Crippen molar-refractivity contribution >= 4 is 11.9 Å². The number of amides is 1. The van der Waals surface area contributed by atoms with Crippen molar-refractivity contribution in [2.24, 2.45) is 10.9 Å². The number of likely N-dealkylation sites (tertiary alicyclic amines) is 1. The van der Waals surface area contributed by atoms with E-state index in [1.807, 2.05) is 4.90 Å². The van der Waals surface area contributed by atoms with Crippen LogP contribution in [0.3, 0.4) is 0 Å². The van der Waals surface area contributed by atoms with Gasteiger partial charge in [0.2, 0.25) is 5.91 Å². The zero-order valence-electron chi connectivity index (χ0n) is 18.2. The molecule has 7 nitrogen and oxygen atoms in total. The van der Waals surface area contributed by atoms with E-state index < -0.39 is 0 Å². The molecule has 2 fully saturated rings. The monoisotopic (exact) mass is 395 g/mol. The molecule has 7 heteroatoms. The van der Waals surface area contributed by atoms with Crippen LogP contribution in [-0.4, -0.2) is 86.7 Å². The maximum atomic E-state index is 12.1. The normalized spacial score (nSPS) is 20.9. The highest BCUT2D eigenvalue weighted by Crippen LogP contribution is 2.13. The third-order valence-corrected chi connectivity index (χ3v) is 5.63. The second kappa shape index (κ2) is 13.0. The molecular weight excluding hydrogens is 354 g/mol. The highest BCUT2D eigenvalue weighted by Gasteiger charge is 2.23. The van der Waals surface area contributed by atoms with Crippen LogP contribution in [-0.2, 0) is 9.53 Å². The molecule has 1 unspecified atom stereocenters. The molecule has 0 bridgehead atoms. The number of hydrogen-bond donors (Lipinski definition) is 2. The Labute approximate surface area is 171 Å². The fourth-order valence-electron chi connectivity index (χ4n) is 3.94. The molecule has 2 heterocycles. The molecule has 0 saturated carbocycles. The van der Waals surface area contributed by atoms with Gasteiger partial charge in [-0.05, 0) is 32.1 Å². The van der Waals surface area contributed by atoms with Crippen molar-refractivity contribution in [3.63, 3.8) is 0 Å². The lowest BCUT2D eigenvalue weighted by molar-refractivity contribution is -0.130. The second-order valence-electron chi connectivity index (χ2n) is 8.15. The van der Waals surface area contributed by atoms with Gasteiger partial charge in [0.25, 0.3) is 0 Å². The topological polar surface area (TPSA) is 69.2 Å². The number of carbonyl (C=O) groups excluding carboxylic acids is 1. The summed E-state index contributed by atoms with van der Waals surface area (Å²) in [6.07, 6.45) is 5.03. The van der Waals surface area contributed by atoms with Crippen LogP contribution in [0.5, 0.6) is 0 Å². The highest BCUT2D eigenvalue weighted by molar-refractivity contribution is 5.79. The maximum Gasteiger partial charge on any atom is 0.222 e. The number of nitrogens with zero attached hydrogens (tertiary/aromatic N) is 3. The number of rotatable bonds is 9. The minimum Gasteiger partial charge on any atom is -0.379 e. The number of carbonyl (C=O) groups is 1. The molecule has 2 N–H and O–H groups in total. The molecule has 0 spiro atoms. The van der Waals surface area contributed by atoms with Gasteiger partial charge < -0.3 is 20.3 Å². The SMILES string of the molecule is CCNC(=NCC(C(C)C)N1CCOCC1)NCCCN1CCCCCC1=O. The van der Waals surface area contributed by atoms with E-state index in [1.54, 1.807) is 0 Å². The summed E-state index contributed by atoms with van der Waals surface area (Å²) < 4.78 is 5.49. The van der Waals surface area contributed by atoms with Crippen molar-refractivity contribution in [1.82, 2.24) is 20.4 Å². The van der Waals surface area contributed by atoms with E-state index in [0.29, 0.717) is 17.9 Å². The average Bonchev–Trinajstić information content (AvgIpc) is 2.90. The van der Waals surface area contributed by atoms with Crippen molar-refractivity contribution in [2.45, 2.75) is 58.9 Å². The summed E-state index contributed by atoms with van der Waals surface area (Å²) in [5, 5.41) is 6.80. The van der Waals surface area contributed by atoms with Gasteiger partial charge >= 0.3 is 0 Å². The van der Waals surface area contributed by atoms with Gasteiger partial charge in [-0.25, -0.2) is 0 Å². The number of ether oxygens (including phenoxy) is 1. The Morgan fingerprint density at radius 1 is 1.14 bits per heavy atom. The molecule has 0 aromatic carbocycles. The quantitative estimate of drug-likeness (QED) is 0.353. The van der Waals surface area contributed by atoms with Gasteiger partial charge in [0.15, 0.2) is 5.96 Å². The fraction of sp³-hybridized carbons (Fsp3) is 0.905. The van der Waals surface area contributed by atoms with Gasteiger partial charge in [-0.15, -0.1) is 0 Å². The average molecular weight is 396 g/mol. The number of morpholine rings is 1. The van der Waals surface area contributed by atoms with E-state index in [-0.39, 0.29) is 0 Å². The second-order valence-corrected chi connectivity index (χ2v) is 8.15. The molecule has 0 radical (unpaired) electrons. The van der Waals surface area contributed by atoms with E-state index in [2.05, 4.69) is 36.3 Å². The van der Waals surface area contributed by atoms with Gasteiger partial charge in [0.1, 0.15) is 0 Å². The van der Waals surface area contributed by atoms with Crippen LogP contribution in [0.15, 0.2) is 4.99 Å². The number of hydrogen-bond acceptors (Lipinski definition) is 4. The molecule has 162 valence electrons. The Bertz CT molecular complexity index is 477. The van der Waals surface area contributed by atoms with Crippen LogP contribution >= 0.6 is 0 Å². The van der Waals surface area contributed by atoms with Crippen LogP contribution in [0.1, 0.15) is 52.9 Å². The zero-order chi connectivity index (χ0) is 20.2. The molecule has 0 aromatic heterocycles. The lowest BCUT2D eigenvalue weighted by Crippen LogP contribution is -2.48. The zero-order valence-corrected chi connectivity index (χ0v) is 18.2. The van der Waals surface area contributed by atoms with Gasteiger partial charge in [-0.3, -0.25) is 14.7 Å². The van der Waals surface area contributed by atoms with E-state index in [0.717, 1.165) is 90.7 Å². The van der Waals surface area contributed by atoms with Crippen LogP contribution in [0, 0.1) is 5.92 Å². The molecule has 28 heavy (non-hydrogen) atoms. The number of guanidine groups is 1. The van der Waals surface area contributed by atoms with Crippen molar-refractivity contribution in [3.05, 3.63) is 0 Å². The number of aliphatic imine (C=N–C) groups is 1. The Kier molecular flexibility index (Phi) is 10.6. The first kappa shape index (κ1) is 22.9. The van der Waals surface area contributed by atoms with Gasteiger partial charge in [0.05, 0.1) is 19.8 Å². The third kappa shape index (κ3) is 7.95. The van der Waals surface area contributed by atoms with Crippen LogP contribution in [0.4, 0.5) is 0 Å². The maximum absolute atomic E-state index is 12.1. The molecule has 2 aliphatic rings. The Morgan fingerprint density at radius 2 is 1.93 bits per heavy atom. The lowest BCUT2D eigenvalue weighted by atomic mass is 10.0. The first-order valence-electron chi connectivity index (χ1n) is 11.2. The summed E-state index contributed by atoms with van der Waals surface area (Å²) in [4.78, 5) is 21.5. The number of nitrogens with one attached hydrogen (secondary N) is 2. The first-order chi connectivity index (χ1) is 13.6. The standard InChI is InChI=1S/C21H41N5O2/c1-4-22-21(23-10-8-12-26-11-7-5-6-9-20(26)27)24-17-19(18(2)3)25-13-15-28-16-14-25/h18-19H,4-17H2,1-3H3,(H2,22,23,24). The minimum absolute atomic E-state index is 0.323. The van der Waals surface area contributed by atoms with E-state index in [4.69, 9.17) is 9.73 Å². The smallest absolute Gasteiger partial charge is 0.222 e. The molecular formula is C21H41N5O2. The van der Waals surface area contributed by atoms with Crippen molar-refractivity contribution in [3.8, 4) is 0 Å². The predicted octanol–water partition coefficient (Wildman–Crippen LogP) is 1.69. The molecule has 0 aliphatic carbocycles. The molecule has 2 aliphatic heterocycles. The Hall–Kier alpha value is -1.34. The summed E-state index contributed by atoms with van der Waals surface area (Å²) in [6, 6.07) is 0.439. The Balaban J connectivity index is 1.79. The summed E-state index contributed by atoms with van der Waals surface area (Å²) in [7, 11) is 0. The third-order valence-electron chi connectivity index (χ3n) is 5.63. The van der Waals surface area contributed by atoms with Crippen LogP contribution in [0.25, 0.3) is 0 Å². The predicted molar refractivity (Wildman–Crippen MR) is 115 cm³/mol. The summed E-state index contributed by atoms with van der Waals surface area (Å²) >= 11 is 0. The highest BCUT2D eigenvalue weighted by atomic mass is 16.5.